The monoisotopic (exact) mass is 256 g/mol. The van der Waals surface area contributed by atoms with Gasteiger partial charge in [0.2, 0.25) is 0 Å². The van der Waals surface area contributed by atoms with Crippen molar-refractivity contribution in [1.29, 1.82) is 5.26 Å². The van der Waals surface area contributed by atoms with Crippen LogP contribution in [-0.4, -0.2) is 14.7 Å². The van der Waals surface area contributed by atoms with Gasteiger partial charge in [-0.05, 0) is 24.1 Å². The van der Waals surface area contributed by atoms with E-state index in [0.717, 1.165) is 5.69 Å². The predicted molar refractivity (Wildman–Crippen MR) is 69.0 cm³/mol. The van der Waals surface area contributed by atoms with Crippen LogP contribution < -0.4 is 0 Å². The lowest BCUT2D eigenvalue weighted by Gasteiger charge is -2.09. The summed E-state index contributed by atoms with van der Waals surface area (Å²) < 4.78 is 1.65. The number of hydrogen-bond donors (Lipinski definition) is 0. The van der Waals surface area contributed by atoms with E-state index < -0.39 is 4.92 Å². The third-order valence-corrected chi connectivity index (χ3v) is 2.75. The van der Waals surface area contributed by atoms with Crippen molar-refractivity contribution in [2.45, 2.75) is 19.8 Å². The molecule has 0 bridgehead atoms. The molecule has 0 aliphatic rings. The summed E-state index contributed by atoms with van der Waals surface area (Å²) >= 11 is 0. The van der Waals surface area contributed by atoms with Crippen LogP contribution in [0, 0.1) is 21.4 Å². The zero-order valence-corrected chi connectivity index (χ0v) is 10.6. The van der Waals surface area contributed by atoms with E-state index in [1.54, 1.807) is 22.9 Å². The van der Waals surface area contributed by atoms with Gasteiger partial charge in [-0.1, -0.05) is 13.8 Å². The van der Waals surface area contributed by atoms with Gasteiger partial charge in [-0.15, -0.1) is 0 Å². The normalized spacial score (nSPS) is 10.4. The Labute approximate surface area is 110 Å². The van der Waals surface area contributed by atoms with Gasteiger partial charge in [-0.3, -0.25) is 10.1 Å². The topological polar surface area (TPSA) is 84.8 Å². The lowest BCUT2D eigenvalue weighted by atomic mass is 10.1. The van der Waals surface area contributed by atoms with Crippen LogP contribution in [0.5, 0.6) is 0 Å². The van der Waals surface area contributed by atoms with E-state index in [0.29, 0.717) is 11.4 Å². The second kappa shape index (κ2) is 4.90. The number of rotatable bonds is 3. The fourth-order valence-corrected chi connectivity index (χ4v) is 1.78. The number of hydrogen-bond acceptors (Lipinski definition) is 4. The lowest BCUT2D eigenvalue weighted by molar-refractivity contribution is -0.384. The van der Waals surface area contributed by atoms with E-state index in [1.165, 1.54) is 12.1 Å². The molecule has 1 aromatic carbocycles. The van der Waals surface area contributed by atoms with Gasteiger partial charge in [0.25, 0.3) is 5.69 Å². The summed E-state index contributed by atoms with van der Waals surface area (Å²) in [5.41, 5.74) is 1.96. The Hall–Kier alpha value is -2.68. The summed E-state index contributed by atoms with van der Waals surface area (Å²) in [6, 6.07) is 9.82. The van der Waals surface area contributed by atoms with E-state index in [1.807, 2.05) is 19.9 Å². The van der Waals surface area contributed by atoms with Crippen molar-refractivity contribution < 1.29 is 4.92 Å². The SMILES string of the molecule is CC(C)c1cc(C#N)nn1-c1ccc([N+](=O)[O-])cc1. The van der Waals surface area contributed by atoms with E-state index in [9.17, 15) is 10.1 Å². The maximum Gasteiger partial charge on any atom is 0.269 e. The number of aromatic nitrogens is 2. The Bertz CT molecular complexity index is 650. The van der Waals surface area contributed by atoms with Gasteiger partial charge < -0.3 is 0 Å². The molecule has 0 fully saturated rings. The summed E-state index contributed by atoms with van der Waals surface area (Å²) in [4.78, 5) is 10.2. The molecule has 1 heterocycles. The molecule has 0 saturated heterocycles. The zero-order chi connectivity index (χ0) is 14.0. The number of non-ortho nitro benzene ring substituents is 1. The molecule has 0 unspecified atom stereocenters. The van der Waals surface area contributed by atoms with Crippen LogP contribution in [0.25, 0.3) is 5.69 Å². The number of benzene rings is 1. The minimum atomic E-state index is -0.447. The van der Waals surface area contributed by atoms with Gasteiger partial charge in [0, 0.05) is 17.8 Å². The zero-order valence-electron chi connectivity index (χ0n) is 10.6. The molecule has 0 N–H and O–H groups in total. The second-order valence-electron chi connectivity index (χ2n) is 4.41. The van der Waals surface area contributed by atoms with Gasteiger partial charge in [0.1, 0.15) is 6.07 Å². The Morgan fingerprint density at radius 1 is 1.37 bits per heavy atom. The number of nitrogens with zero attached hydrogens (tertiary/aromatic N) is 4. The van der Waals surface area contributed by atoms with E-state index in [4.69, 9.17) is 5.26 Å². The second-order valence-corrected chi connectivity index (χ2v) is 4.41. The standard InChI is InChI=1S/C13H12N4O2/c1-9(2)13-7-10(8-14)15-16(13)11-3-5-12(6-4-11)17(18)19/h3-7,9H,1-2H3. The van der Waals surface area contributed by atoms with Crippen LogP contribution in [0.4, 0.5) is 5.69 Å². The molecule has 0 atom stereocenters. The van der Waals surface area contributed by atoms with Crippen molar-refractivity contribution in [2.75, 3.05) is 0 Å². The molecule has 0 aliphatic carbocycles. The quantitative estimate of drug-likeness (QED) is 0.624. The average Bonchev–Trinajstić information content (AvgIpc) is 2.83. The largest absolute Gasteiger partial charge is 0.269 e. The maximum atomic E-state index is 10.6. The number of nitro benzene ring substituents is 1. The Morgan fingerprint density at radius 2 is 2.00 bits per heavy atom. The smallest absolute Gasteiger partial charge is 0.258 e. The molecule has 0 spiro atoms. The predicted octanol–water partition coefficient (Wildman–Crippen LogP) is 2.78. The Morgan fingerprint density at radius 3 is 2.47 bits per heavy atom. The Kier molecular flexibility index (Phi) is 3.29. The van der Waals surface area contributed by atoms with Gasteiger partial charge >= 0.3 is 0 Å². The maximum absolute atomic E-state index is 10.6. The third kappa shape index (κ3) is 2.45. The molecular weight excluding hydrogens is 244 g/mol. The lowest BCUT2D eigenvalue weighted by Crippen LogP contribution is -2.03. The molecule has 2 rings (SSSR count). The van der Waals surface area contributed by atoms with Crippen molar-refractivity contribution in [1.82, 2.24) is 9.78 Å². The van der Waals surface area contributed by atoms with Gasteiger partial charge in [0.15, 0.2) is 5.69 Å². The van der Waals surface area contributed by atoms with Gasteiger partial charge in [0.05, 0.1) is 10.6 Å². The van der Waals surface area contributed by atoms with E-state index >= 15 is 0 Å². The molecule has 0 aliphatic heterocycles. The van der Waals surface area contributed by atoms with Gasteiger partial charge in [-0.2, -0.15) is 10.4 Å². The summed E-state index contributed by atoms with van der Waals surface area (Å²) in [5, 5.41) is 23.7. The van der Waals surface area contributed by atoms with Crippen LogP contribution in [0.15, 0.2) is 30.3 Å². The molecule has 1 aromatic heterocycles. The number of nitriles is 1. The first-order chi connectivity index (χ1) is 9.02. The van der Waals surface area contributed by atoms with Crippen molar-refractivity contribution >= 4 is 5.69 Å². The van der Waals surface area contributed by atoms with E-state index in [2.05, 4.69) is 5.10 Å². The van der Waals surface area contributed by atoms with Crippen LogP contribution >= 0.6 is 0 Å². The van der Waals surface area contributed by atoms with Crippen molar-refractivity contribution in [2.24, 2.45) is 0 Å². The van der Waals surface area contributed by atoms with Crippen LogP contribution in [0.1, 0.15) is 31.2 Å². The summed E-state index contributed by atoms with van der Waals surface area (Å²) in [6.45, 7) is 4.00. The fourth-order valence-electron chi connectivity index (χ4n) is 1.78. The molecular formula is C13H12N4O2. The highest BCUT2D eigenvalue weighted by atomic mass is 16.6. The molecule has 19 heavy (non-hydrogen) atoms. The first-order valence-electron chi connectivity index (χ1n) is 5.78. The van der Waals surface area contributed by atoms with Gasteiger partial charge in [-0.25, -0.2) is 4.68 Å². The highest BCUT2D eigenvalue weighted by molar-refractivity contribution is 5.42. The first-order valence-corrected chi connectivity index (χ1v) is 5.78. The molecule has 96 valence electrons. The number of nitro groups is 1. The summed E-state index contributed by atoms with van der Waals surface area (Å²) in [7, 11) is 0. The van der Waals surface area contributed by atoms with Crippen LogP contribution in [0.2, 0.25) is 0 Å². The minimum Gasteiger partial charge on any atom is -0.258 e. The van der Waals surface area contributed by atoms with Crippen molar-refractivity contribution in [3.63, 3.8) is 0 Å². The van der Waals surface area contributed by atoms with Crippen molar-refractivity contribution in [3.8, 4) is 11.8 Å². The molecule has 0 saturated carbocycles. The van der Waals surface area contributed by atoms with Crippen LogP contribution in [-0.2, 0) is 0 Å². The molecule has 0 radical (unpaired) electrons. The average molecular weight is 256 g/mol. The molecule has 2 aromatic rings. The molecule has 6 nitrogen and oxygen atoms in total. The van der Waals surface area contributed by atoms with E-state index in [-0.39, 0.29) is 11.6 Å². The van der Waals surface area contributed by atoms with Crippen LogP contribution in [0.3, 0.4) is 0 Å². The highest BCUT2D eigenvalue weighted by Crippen LogP contribution is 2.21. The first kappa shape index (κ1) is 12.8. The summed E-state index contributed by atoms with van der Waals surface area (Å²) in [5.74, 6) is 0.199. The molecule has 6 heteroatoms. The summed E-state index contributed by atoms with van der Waals surface area (Å²) in [6.07, 6.45) is 0. The minimum absolute atomic E-state index is 0.0301. The third-order valence-electron chi connectivity index (χ3n) is 2.75. The highest BCUT2D eigenvalue weighted by Gasteiger charge is 2.13. The van der Waals surface area contributed by atoms with Crippen molar-refractivity contribution in [3.05, 3.63) is 51.8 Å². The Balaban J connectivity index is 2.49. The fraction of sp³-hybridized carbons (Fsp3) is 0.231. The molecule has 0 amide bonds.